The molecule has 61 heavy (non-hydrogen) atoms. The largest absolute Gasteiger partial charge is 0.464 e. The van der Waals surface area contributed by atoms with Crippen LogP contribution in [0.2, 0.25) is 0 Å². The Bertz CT molecular complexity index is 2530. The number of piperidine rings is 2. The van der Waals surface area contributed by atoms with Crippen LogP contribution in [0, 0.1) is 17.8 Å². The van der Waals surface area contributed by atoms with Crippen molar-refractivity contribution in [2.24, 2.45) is 5.92 Å². The molecule has 5 fully saturated rings. The average molecular weight is 836 g/mol. The Morgan fingerprint density at radius 2 is 1.92 bits per heavy atom. The number of halogens is 2. The number of nitrogens with one attached hydrogen (secondary N) is 2. The van der Waals surface area contributed by atoms with Gasteiger partial charge in [0.15, 0.2) is 11.3 Å². The Morgan fingerprint density at radius 3 is 2.69 bits per heavy atom. The van der Waals surface area contributed by atoms with Gasteiger partial charge in [-0.2, -0.15) is 10.2 Å². The number of fused-ring (bicyclic) bond motifs is 4. The summed E-state index contributed by atoms with van der Waals surface area (Å²) in [4.78, 5) is 47.0. The Balaban J connectivity index is 0.687. The number of likely N-dealkylation sites (tertiary alicyclic amines) is 1. The lowest BCUT2D eigenvalue weighted by Gasteiger charge is -2.36. The van der Waals surface area contributed by atoms with E-state index in [4.69, 9.17) is 18.9 Å². The Kier molecular flexibility index (Phi) is 10.8. The number of alkyl halides is 2. The topological polar surface area (TPSA) is 161 Å². The molecule has 5 aliphatic rings. The van der Waals surface area contributed by atoms with E-state index in [1.165, 1.54) is 10.7 Å². The van der Waals surface area contributed by atoms with E-state index in [1.807, 2.05) is 24.3 Å². The van der Waals surface area contributed by atoms with Crippen LogP contribution in [0.4, 0.5) is 20.3 Å². The van der Waals surface area contributed by atoms with Crippen molar-refractivity contribution in [1.29, 1.82) is 0 Å². The Labute approximate surface area is 350 Å². The molecule has 318 valence electrons. The number of nitrogens with zero attached hydrogens (tertiary/aromatic N) is 7. The lowest BCUT2D eigenvalue weighted by molar-refractivity contribution is -0.134. The summed E-state index contributed by atoms with van der Waals surface area (Å²) in [6.07, 6.45) is 10.9. The first kappa shape index (κ1) is 39.4. The SMILES string of the molecule is O=C1CCC(c2coc3ccc(C#CCOC4CCN(CC5CCC(n6cc(NC(=O)c7cnn8ccc(N9C[C@H]%10C[C@@H]9CO%10)nc78)c(C(F)F)n6)CC5)CC4)cc23)C(=O)N1. The maximum absolute atomic E-state index is 14.3. The molecule has 8 heterocycles. The number of furan rings is 1. The van der Waals surface area contributed by atoms with Crippen LogP contribution >= 0.6 is 0 Å². The number of rotatable bonds is 10. The van der Waals surface area contributed by atoms with E-state index < -0.39 is 23.9 Å². The molecule has 0 spiro atoms. The molecule has 4 saturated heterocycles. The number of carbonyl (C=O) groups is 3. The lowest BCUT2D eigenvalue weighted by atomic mass is 9.85. The number of aromatic nitrogens is 5. The fourth-order valence-electron chi connectivity index (χ4n) is 9.80. The van der Waals surface area contributed by atoms with Crippen LogP contribution in [0.25, 0.3) is 16.6 Å². The monoisotopic (exact) mass is 835 g/mol. The van der Waals surface area contributed by atoms with Crippen LogP contribution in [0.5, 0.6) is 0 Å². The third-order valence-corrected chi connectivity index (χ3v) is 13.1. The summed E-state index contributed by atoms with van der Waals surface area (Å²) in [6.45, 7) is 4.57. The van der Waals surface area contributed by atoms with Gasteiger partial charge >= 0.3 is 0 Å². The molecule has 2 bridgehead atoms. The van der Waals surface area contributed by atoms with Crippen molar-refractivity contribution >= 4 is 45.8 Å². The third-order valence-electron chi connectivity index (χ3n) is 13.1. The first-order chi connectivity index (χ1) is 29.7. The van der Waals surface area contributed by atoms with Crippen molar-refractivity contribution in [3.63, 3.8) is 0 Å². The van der Waals surface area contributed by atoms with E-state index in [1.54, 1.807) is 23.3 Å². The maximum atomic E-state index is 14.3. The highest BCUT2D eigenvalue weighted by molar-refractivity contribution is 6.08. The first-order valence-electron chi connectivity index (χ1n) is 21.3. The average Bonchev–Trinajstić information content (AvgIpc) is 4.12. The normalized spacial score (nSPS) is 24.8. The summed E-state index contributed by atoms with van der Waals surface area (Å²) < 4.78 is 49.2. The van der Waals surface area contributed by atoms with Gasteiger partial charge < -0.3 is 29.0 Å². The fraction of sp³-hybridized carbons (Fsp3) is 0.500. The second-order valence-electron chi connectivity index (χ2n) is 17.0. The number of amides is 3. The van der Waals surface area contributed by atoms with Crippen molar-refractivity contribution in [3.8, 4) is 11.8 Å². The molecule has 1 unspecified atom stereocenters. The molecule has 2 N–H and O–H groups in total. The van der Waals surface area contributed by atoms with Crippen molar-refractivity contribution in [3.05, 3.63) is 71.5 Å². The zero-order valence-electron chi connectivity index (χ0n) is 33.6. The van der Waals surface area contributed by atoms with Gasteiger partial charge in [-0.05, 0) is 81.5 Å². The summed E-state index contributed by atoms with van der Waals surface area (Å²) in [5.41, 5.74) is 2.36. The number of morpholine rings is 1. The molecule has 10 rings (SSSR count). The van der Waals surface area contributed by atoms with Gasteiger partial charge in [0.2, 0.25) is 11.8 Å². The fourth-order valence-corrected chi connectivity index (χ4v) is 9.80. The van der Waals surface area contributed by atoms with E-state index in [2.05, 4.69) is 42.5 Å². The Morgan fingerprint density at radius 1 is 1.07 bits per heavy atom. The number of anilines is 2. The molecule has 15 nitrogen and oxygen atoms in total. The van der Waals surface area contributed by atoms with Crippen molar-refractivity contribution in [2.75, 3.05) is 49.6 Å². The second kappa shape index (κ2) is 16.6. The van der Waals surface area contributed by atoms with Gasteiger partial charge in [0.1, 0.15) is 23.6 Å². The summed E-state index contributed by atoms with van der Waals surface area (Å²) in [7, 11) is 0. The van der Waals surface area contributed by atoms with E-state index in [0.29, 0.717) is 43.2 Å². The van der Waals surface area contributed by atoms with Crippen LogP contribution in [0.15, 0.2) is 53.5 Å². The van der Waals surface area contributed by atoms with Crippen molar-refractivity contribution < 1.29 is 37.1 Å². The number of ether oxygens (including phenoxy) is 2. The molecular formula is C44H47F2N9O6. The molecule has 4 aliphatic heterocycles. The molecule has 3 atom stereocenters. The highest BCUT2D eigenvalue weighted by atomic mass is 19.3. The number of imide groups is 1. The van der Waals surface area contributed by atoms with Crippen LogP contribution in [0.1, 0.15) is 103 Å². The van der Waals surface area contributed by atoms with Crippen LogP contribution in [0.3, 0.4) is 0 Å². The van der Waals surface area contributed by atoms with Crippen molar-refractivity contribution in [2.45, 2.75) is 94.4 Å². The summed E-state index contributed by atoms with van der Waals surface area (Å²) >= 11 is 0. The molecule has 1 saturated carbocycles. The molecule has 17 heteroatoms. The molecule has 5 aromatic rings. The van der Waals surface area contributed by atoms with Gasteiger partial charge in [-0.25, -0.2) is 18.3 Å². The van der Waals surface area contributed by atoms with Gasteiger partial charge in [0.05, 0.1) is 55.0 Å². The molecule has 3 amide bonds. The Hall–Kier alpha value is -5.70. The predicted molar refractivity (Wildman–Crippen MR) is 218 cm³/mol. The summed E-state index contributed by atoms with van der Waals surface area (Å²) in [6, 6.07) is 7.74. The van der Waals surface area contributed by atoms with Gasteiger partial charge in [-0.15, -0.1) is 0 Å². The van der Waals surface area contributed by atoms with Crippen molar-refractivity contribution in [1.82, 2.24) is 34.6 Å². The number of carbonyl (C=O) groups excluding carboxylic acids is 3. The molecular weight excluding hydrogens is 789 g/mol. The smallest absolute Gasteiger partial charge is 0.284 e. The summed E-state index contributed by atoms with van der Waals surface area (Å²) in [5.74, 6) is 6.02. The van der Waals surface area contributed by atoms with Gasteiger partial charge in [-0.1, -0.05) is 11.8 Å². The lowest BCUT2D eigenvalue weighted by Crippen LogP contribution is -2.40. The molecule has 1 aromatic carbocycles. The zero-order valence-corrected chi connectivity index (χ0v) is 33.6. The quantitative estimate of drug-likeness (QED) is 0.133. The van der Waals surface area contributed by atoms with E-state index >= 15 is 0 Å². The van der Waals surface area contributed by atoms with Gasteiger partial charge in [0, 0.05) is 61.5 Å². The van der Waals surface area contributed by atoms with Gasteiger partial charge in [0.25, 0.3) is 12.3 Å². The minimum atomic E-state index is -2.85. The van der Waals surface area contributed by atoms with Crippen LogP contribution < -0.4 is 15.5 Å². The minimum absolute atomic E-state index is 0.000852. The van der Waals surface area contributed by atoms with Crippen LogP contribution in [-0.2, 0) is 19.1 Å². The molecule has 4 aromatic heterocycles. The highest BCUT2D eigenvalue weighted by Gasteiger charge is 2.40. The van der Waals surface area contributed by atoms with E-state index in [0.717, 1.165) is 93.5 Å². The molecule has 0 radical (unpaired) electrons. The van der Waals surface area contributed by atoms with Gasteiger partial charge in [-0.3, -0.25) is 24.4 Å². The predicted octanol–water partition coefficient (Wildman–Crippen LogP) is 5.62. The first-order valence-corrected chi connectivity index (χ1v) is 21.3. The minimum Gasteiger partial charge on any atom is -0.464 e. The van der Waals surface area contributed by atoms with E-state index in [-0.39, 0.29) is 47.4 Å². The number of hydrogen-bond acceptors (Lipinski definition) is 11. The molecule has 1 aliphatic carbocycles. The summed E-state index contributed by atoms with van der Waals surface area (Å²) in [5, 5.41) is 14.5. The second-order valence-corrected chi connectivity index (χ2v) is 17.0. The number of benzene rings is 1. The standard InChI is InChI=1S/C44H47F2N9O6/c45-41(46)40-36(48-44(58)34-20-47-54-16-13-38(49-42(34)54)53-22-31-19-29(53)24-60-31)23-55(51-40)28-6-3-27(4-7-28)21-52-14-11-30(12-15-52)59-17-1-2-26-5-9-37-33(18-26)35(25-61-37)32-8-10-39(56)50-43(32)57/h5,9,13,16,18,20,23,25,27-32,41H,3-4,6-8,10-12,14-15,17,19,21-22,24H2,(H,48,58)(H,50,56,57)/t27?,28?,29-,31-,32?/m1/s1. The highest BCUT2D eigenvalue weighted by Crippen LogP contribution is 2.37. The van der Waals surface area contributed by atoms with Crippen LogP contribution in [-0.4, -0.2) is 105 Å². The zero-order chi connectivity index (χ0) is 41.6. The maximum Gasteiger partial charge on any atom is 0.284 e. The van der Waals surface area contributed by atoms with E-state index in [9.17, 15) is 23.2 Å². The third kappa shape index (κ3) is 8.11. The number of hydrogen-bond donors (Lipinski definition) is 2.